The number of benzene rings is 2. The average molecular weight is 385 g/mol. The van der Waals surface area contributed by atoms with Crippen LogP contribution in [-0.2, 0) is 9.53 Å². The lowest BCUT2D eigenvalue weighted by atomic mass is 10.1. The van der Waals surface area contributed by atoms with Crippen LogP contribution >= 0.6 is 11.8 Å². The lowest BCUT2D eigenvalue weighted by molar-refractivity contribution is -0.142. The molecule has 1 aromatic heterocycles. The second kappa shape index (κ2) is 8.35. The number of nitrogens with zero attached hydrogens (tertiary/aromatic N) is 3. The number of carbonyl (C=O) groups is 1. The maximum atomic E-state index is 14.4. The van der Waals surface area contributed by atoms with E-state index in [4.69, 9.17) is 4.74 Å². The molecule has 27 heavy (non-hydrogen) atoms. The van der Waals surface area contributed by atoms with Gasteiger partial charge in [-0.05, 0) is 44.5 Å². The number of halogens is 1. The van der Waals surface area contributed by atoms with Crippen molar-refractivity contribution in [1.82, 2.24) is 14.8 Å². The minimum absolute atomic E-state index is 0.314. The molecule has 0 saturated carbocycles. The molecule has 0 spiro atoms. The van der Waals surface area contributed by atoms with Crippen molar-refractivity contribution in [2.24, 2.45) is 0 Å². The van der Waals surface area contributed by atoms with Gasteiger partial charge in [0.2, 0.25) is 0 Å². The zero-order valence-corrected chi connectivity index (χ0v) is 16.2. The van der Waals surface area contributed by atoms with Gasteiger partial charge in [0.25, 0.3) is 0 Å². The lowest BCUT2D eigenvalue weighted by Gasteiger charge is -2.15. The van der Waals surface area contributed by atoms with Crippen molar-refractivity contribution < 1.29 is 13.9 Å². The third-order valence-electron chi connectivity index (χ3n) is 4.01. The summed E-state index contributed by atoms with van der Waals surface area (Å²) in [5.74, 6) is -0.315. The maximum Gasteiger partial charge on any atom is 0.319 e. The van der Waals surface area contributed by atoms with Gasteiger partial charge in [-0.2, -0.15) is 0 Å². The van der Waals surface area contributed by atoms with Crippen LogP contribution in [0.4, 0.5) is 4.39 Å². The summed E-state index contributed by atoms with van der Waals surface area (Å²) in [6, 6.07) is 14.1. The van der Waals surface area contributed by atoms with Crippen LogP contribution in [0, 0.1) is 12.7 Å². The molecule has 1 heterocycles. The number of para-hydroxylation sites is 1. The highest BCUT2D eigenvalue weighted by Gasteiger charge is 2.24. The number of esters is 1. The number of thioether (sulfide) groups is 1. The molecule has 0 aliphatic carbocycles. The van der Waals surface area contributed by atoms with Crippen LogP contribution in [0.5, 0.6) is 0 Å². The van der Waals surface area contributed by atoms with E-state index in [1.165, 1.54) is 17.8 Å². The van der Waals surface area contributed by atoms with Crippen molar-refractivity contribution in [1.29, 1.82) is 0 Å². The third-order valence-corrected chi connectivity index (χ3v) is 5.03. The molecule has 3 rings (SSSR count). The Hall–Kier alpha value is -2.67. The molecule has 0 amide bonds. The Morgan fingerprint density at radius 2 is 1.89 bits per heavy atom. The average Bonchev–Trinajstić information content (AvgIpc) is 3.05. The standard InChI is InChI=1S/C20H20FN3O2S/c1-4-26-19(25)14(3)27-20-23-22-18(15-10-6-7-11-16(15)21)24(20)17-12-8-5-9-13(17)2/h5-12,14H,4H2,1-3H3/t14-/m1/s1. The van der Waals surface area contributed by atoms with Crippen LogP contribution in [0.3, 0.4) is 0 Å². The molecule has 1 atom stereocenters. The highest BCUT2D eigenvalue weighted by atomic mass is 32.2. The van der Waals surface area contributed by atoms with Crippen molar-refractivity contribution in [3.8, 4) is 17.1 Å². The first-order chi connectivity index (χ1) is 13.0. The minimum Gasteiger partial charge on any atom is -0.465 e. The van der Waals surface area contributed by atoms with Gasteiger partial charge in [-0.1, -0.05) is 42.1 Å². The zero-order chi connectivity index (χ0) is 19.4. The number of aryl methyl sites for hydroxylation is 1. The van der Waals surface area contributed by atoms with Crippen molar-refractivity contribution in [2.75, 3.05) is 6.61 Å². The van der Waals surface area contributed by atoms with E-state index < -0.39 is 5.25 Å². The minimum atomic E-state index is -0.467. The summed E-state index contributed by atoms with van der Waals surface area (Å²) in [6.07, 6.45) is 0. The molecule has 140 valence electrons. The second-order valence-corrected chi connectivity index (χ2v) is 7.23. The van der Waals surface area contributed by atoms with E-state index in [1.54, 1.807) is 36.6 Å². The summed E-state index contributed by atoms with van der Waals surface area (Å²) in [6.45, 7) is 5.79. The molecule has 0 aliphatic rings. The van der Waals surface area contributed by atoms with E-state index in [1.807, 2.05) is 31.2 Å². The summed E-state index contributed by atoms with van der Waals surface area (Å²) < 4.78 is 21.3. The summed E-state index contributed by atoms with van der Waals surface area (Å²) in [5.41, 5.74) is 2.17. The number of hydrogen-bond acceptors (Lipinski definition) is 5. The van der Waals surface area contributed by atoms with Gasteiger partial charge >= 0.3 is 5.97 Å². The fourth-order valence-electron chi connectivity index (χ4n) is 2.66. The molecule has 0 unspecified atom stereocenters. The largest absolute Gasteiger partial charge is 0.465 e. The maximum absolute atomic E-state index is 14.4. The van der Waals surface area contributed by atoms with Crippen LogP contribution in [0.25, 0.3) is 17.1 Å². The lowest BCUT2D eigenvalue weighted by Crippen LogP contribution is -2.17. The molecule has 0 aliphatic heterocycles. The summed E-state index contributed by atoms with van der Waals surface area (Å²) in [5, 5.41) is 8.49. The SMILES string of the molecule is CCOC(=O)[C@@H](C)Sc1nnc(-c2ccccc2F)n1-c1ccccc1C. The molecule has 0 fully saturated rings. The van der Waals surface area contributed by atoms with E-state index >= 15 is 0 Å². The first kappa shape index (κ1) is 19.1. The Labute approximate surface area is 161 Å². The predicted octanol–water partition coefficient (Wildman–Crippen LogP) is 4.43. The monoisotopic (exact) mass is 385 g/mol. The Morgan fingerprint density at radius 1 is 1.19 bits per heavy atom. The smallest absolute Gasteiger partial charge is 0.319 e. The fraction of sp³-hybridized carbons (Fsp3) is 0.250. The number of rotatable bonds is 6. The molecule has 0 saturated heterocycles. The molecule has 3 aromatic rings. The van der Waals surface area contributed by atoms with Crippen LogP contribution in [0.1, 0.15) is 19.4 Å². The number of hydrogen-bond donors (Lipinski definition) is 0. The fourth-order valence-corrected chi connectivity index (χ4v) is 3.52. The topological polar surface area (TPSA) is 57.0 Å². The first-order valence-electron chi connectivity index (χ1n) is 8.62. The van der Waals surface area contributed by atoms with Crippen LogP contribution < -0.4 is 0 Å². The predicted molar refractivity (Wildman–Crippen MR) is 103 cm³/mol. The molecule has 2 aromatic carbocycles. The Morgan fingerprint density at radius 3 is 2.59 bits per heavy atom. The number of ether oxygens (including phenoxy) is 1. The van der Waals surface area contributed by atoms with E-state index in [0.717, 1.165) is 11.3 Å². The summed E-state index contributed by atoms with van der Waals surface area (Å²) in [7, 11) is 0. The molecular formula is C20H20FN3O2S. The summed E-state index contributed by atoms with van der Waals surface area (Å²) >= 11 is 1.24. The van der Waals surface area contributed by atoms with Gasteiger partial charge in [0.1, 0.15) is 11.1 Å². The molecule has 0 bridgehead atoms. The quantitative estimate of drug-likeness (QED) is 0.464. The Bertz CT molecular complexity index is 958. The first-order valence-corrected chi connectivity index (χ1v) is 9.50. The van der Waals surface area contributed by atoms with Crippen molar-refractivity contribution >= 4 is 17.7 Å². The van der Waals surface area contributed by atoms with E-state index in [-0.39, 0.29) is 11.8 Å². The van der Waals surface area contributed by atoms with Crippen LogP contribution in [-0.4, -0.2) is 32.6 Å². The van der Waals surface area contributed by atoms with Crippen molar-refractivity contribution in [3.63, 3.8) is 0 Å². The number of aromatic nitrogens is 3. The van der Waals surface area contributed by atoms with Gasteiger partial charge < -0.3 is 4.74 Å². The van der Waals surface area contributed by atoms with Gasteiger partial charge in [0.15, 0.2) is 11.0 Å². The second-order valence-electron chi connectivity index (χ2n) is 5.92. The molecule has 5 nitrogen and oxygen atoms in total. The highest BCUT2D eigenvalue weighted by molar-refractivity contribution is 8.00. The Kier molecular flexibility index (Phi) is 5.91. The molecular weight excluding hydrogens is 365 g/mol. The van der Waals surface area contributed by atoms with E-state index in [9.17, 15) is 9.18 Å². The van der Waals surface area contributed by atoms with Gasteiger partial charge in [-0.25, -0.2) is 4.39 Å². The van der Waals surface area contributed by atoms with E-state index in [2.05, 4.69) is 10.2 Å². The van der Waals surface area contributed by atoms with Gasteiger partial charge in [-0.3, -0.25) is 9.36 Å². The normalized spacial score (nSPS) is 12.0. The molecule has 0 radical (unpaired) electrons. The van der Waals surface area contributed by atoms with Gasteiger partial charge in [0, 0.05) is 0 Å². The molecule has 7 heteroatoms. The van der Waals surface area contributed by atoms with E-state index in [0.29, 0.717) is 23.2 Å². The molecule has 0 N–H and O–H groups in total. The van der Waals surface area contributed by atoms with Crippen LogP contribution in [0.2, 0.25) is 0 Å². The van der Waals surface area contributed by atoms with Crippen molar-refractivity contribution in [2.45, 2.75) is 31.2 Å². The van der Waals surface area contributed by atoms with Gasteiger partial charge in [-0.15, -0.1) is 10.2 Å². The van der Waals surface area contributed by atoms with Crippen molar-refractivity contribution in [3.05, 3.63) is 59.9 Å². The summed E-state index contributed by atoms with van der Waals surface area (Å²) in [4.78, 5) is 12.0. The third kappa shape index (κ3) is 4.03. The number of carbonyl (C=O) groups excluding carboxylic acids is 1. The van der Waals surface area contributed by atoms with Crippen LogP contribution in [0.15, 0.2) is 53.7 Å². The highest BCUT2D eigenvalue weighted by Crippen LogP contribution is 2.32. The zero-order valence-electron chi connectivity index (χ0n) is 15.3. The Balaban J connectivity index is 2.11. The van der Waals surface area contributed by atoms with Gasteiger partial charge in [0.05, 0.1) is 17.9 Å².